The number of rotatable bonds is 3. The van der Waals surface area contributed by atoms with Gasteiger partial charge in [-0.25, -0.2) is 0 Å². The van der Waals surface area contributed by atoms with E-state index in [4.69, 9.17) is 11.6 Å². The van der Waals surface area contributed by atoms with E-state index in [-0.39, 0.29) is 5.91 Å². The lowest BCUT2D eigenvalue weighted by Crippen LogP contribution is -2.48. The predicted octanol–water partition coefficient (Wildman–Crippen LogP) is 4.09. The maximum absolute atomic E-state index is 13.1. The summed E-state index contributed by atoms with van der Waals surface area (Å²) in [6, 6.07) is 16.0. The Balaban J connectivity index is 1.43. The standard InChI is InChI=1S/C21H22ClN3O/c1-15-20(18-4-2-3-5-19(18)23-15)21(26)25-12-10-24(11-13-25)14-16-6-8-17(22)9-7-16/h2-9,23H,10-14H2,1H3. The molecule has 4 nitrogen and oxygen atoms in total. The van der Waals surface area contributed by atoms with Crippen LogP contribution in [0.15, 0.2) is 48.5 Å². The molecule has 1 aliphatic heterocycles. The van der Waals surface area contributed by atoms with E-state index in [1.165, 1.54) is 5.56 Å². The zero-order valence-corrected chi connectivity index (χ0v) is 15.6. The molecule has 1 fully saturated rings. The van der Waals surface area contributed by atoms with Crippen molar-refractivity contribution >= 4 is 28.4 Å². The summed E-state index contributed by atoms with van der Waals surface area (Å²) >= 11 is 5.95. The molecule has 1 aromatic heterocycles. The molecule has 1 aliphatic rings. The van der Waals surface area contributed by atoms with Gasteiger partial charge in [-0.15, -0.1) is 0 Å². The molecule has 134 valence electrons. The number of nitrogens with one attached hydrogen (secondary N) is 1. The summed E-state index contributed by atoms with van der Waals surface area (Å²) in [5, 5.41) is 1.77. The van der Waals surface area contributed by atoms with Crippen molar-refractivity contribution in [1.82, 2.24) is 14.8 Å². The Morgan fingerprint density at radius 2 is 1.73 bits per heavy atom. The van der Waals surface area contributed by atoms with Crippen LogP contribution in [0.1, 0.15) is 21.6 Å². The number of aryl methyl sites for hydroxylation is 1. The highest BCUT2D eigenvalue weighted by Crippen LogP contribution is 2.24. The number of para-hydroxylation sites is 1. The van der Waals surface area contributed by atoms with Crippen LogP contribution in [0.25, 0.3) is 10.9 Å². The minimum absolute atomic E-state index is 0.131. The van der Waals surface area contributed by atoms with Gasteiger partial charge in [0.05, 0.1) is 5.56 Å². The highest BCUT2D eigenvalue weighted by molar-refractivity contribution is 6.30. The predicted molar refractivity (Wildman–Crippen MR) is 106 cm³/mol. The number of fused-ring (bicyclic) bond motifs is 1. The lowest BCUT2D eigenvalue weighted by molar-refractivity contribution is 0.0629. The summed E-state index contributed by atoms with van der Waals surface area (Å²) < 4.78 is 0. The highest BCUT2D eigenvalue weighted by Gasteiger charge is 2.25. The number of benzene rings is 2. The number of aromatic amines is 1. The van der Waals surface area contributed by atoms with Gasteiger partial charge in [-0.2, -0.15) is 0 Å². The molecule has 1 saturated heterocycles. The molecule has 1 N–H and O–H groups in total. The normalized spacial score (nSPS) is 15.5. The largest absolute Gasteiger partial charge is 0.358 e. The molecule has 0 radical (unpaired) electrons. The van der Waals surface area contributed by atoms with Gasteiger partial charge in [0.25, 0.3) is 5.91 Å². The number of H-pyrrole nitrogens is 1. The molecule has 0 atom stereocenters. The fourth-order valence-electron chi connectivity index (χ4n) is 3.67. The van der Waals surface area contributed by atoms with Gasteiger partial charge in [0.1, 0.15) is 0 Å². The first-order valence-electron chi connectivity index (χ1n) is 8.95. The van der Waals surface area contributed by atoms with Crippen LogP contribution in [0, 0.1) is 6.92 Å². The molecule has 1 amide bonds. The number of hydrogen-bond donors (Lipinski definition) is 1. The van der Waals surface area contributed by atoms with Gasteiger partial charge in [-0.1, -0.05) is 41.9 Å². The maximum atomic E-state index is 13.1. The number of carbonyl (C=O) groups excluding carboxylic acids is 1. The molecule has 2 heterocycles. The van der Waals surface area contributed by atoms with E-state index in [2.05, 4.69) is 22.0 Å². The van der Waals surface area contributed by atoms with Gasteiger partial charge in [-0.3, -0.25) is 9.69 Å². The van der Waals surface area contributed by atoms with Crippen LogP contribution in [0.4, 0.5) is 0 Å². The number of aromatic nitrogens is 1. The van der Waals surface area contributed by atoms with Crippen LogP contribution < -0.4 is 0 Å². The fourth-order valence-corrected chi connectivity index (χ4v) is 3.79. The summed E-state index contributed by atoms with van der Waals surface area (Å²) in [6.45, 7) is 6.15. The van der Waals surface area contributed by atoms with Gasteiger partial charge in [-0.05, 0) is 30.7 Å². The lowest BCUT2D eigenvalue weighted by Gasteiger charge is -2.34. The molecule has 0 saturated carbocycles. The van der Waals surface area contributed by atoms with E-state index in [1.54, 1.807) is 0 Å². The molecule has 4 rings (SSSR count). The monoisotopic (exact) mass is 367 g/mol. The first-order valence-corrected chi connectivity index (χ1v) is 9.33. The molecule has 0 bridgehead atoms. The minimum Gasteiger partial charge on any atom is -0.358 e. The quantitative estimate of drug-likeness (QED) is 0.757. The molecule has 0 unspecified atom stereocenters. The second-order valence-corrected chi connectivity index (χ2v) is 7.30. The van der Waals surface area contributed by atoms with E-state index < -0.39 is 0 Å². The Morgan fingerprint density at radius 3 is 2.46 bits per heavy atom. The number of halogens is 1. The van der Waals surface area contributed by atoms with Gasteiger partial charge >= 0.3 is 0 Å². The van der Waals surface area contributed by atoms with Crippen LogP contribution in [-0.2, 0) is 6.54 Å². The summed E-state index contributed by atoms with van der Waals surface area (Å²) in [7, 11) is 0. The van der Waals surface area contributed by atoms with E-state index in [0.29, 0.717) is 0 Å². The smallest absolute Gasteiger partial charge is 0.256 e. The SMILES string of the molecule is Cc1[nH]c2ccccc2c1C(=O)N1CCN(Cc2ccc(Cl)cc2)CC1. The van der Waals surface area contributed by atoms with E-state index >= 15 is 0 Å². The van der Waals surface area contributed by atoms with Crippen molar-refractivity contribution in [2.45, 2.75) is 13.5 Å². The zero-order valence-electron chi connectivity index (χ0n) is 14.8. The van der Waals surface area contributed by atoms with Gasteiger partial charge in [0.2, 0.25) is 0 Å². The van der Waals surface area contributed by atoms with Crippen molar-refractivity contribution < 1.29 is 4.79 Å². The molecule has 3 aromatic rings. The Hall–Kier alpha value is -2.30. The van der Waals surface area contributed by atoms with Crippen molar-refractivity contribution in [3.8, 4) is 0 Å². The highest BCUT2D eigenvalue weighted by atomic mass is 35.5. The summed E-state index contributed by atoms with van der Waals surface area (Å²) in [4.78, 5) is 20.8. The van der Waals surface area contributed by atoms with E-state index in [9.17, 15) is 4.79 Å². The zero-order chi connectivity index (χ0) is 18.1. The number of nitrogens with zero attached hydrogens (tertiary/aromatic N) is 2. The van der Waals surface area contributed by atoms with Crippen LogP contribution in [0.3, 0.4) is 0 Å². The first kappa shape index (κ1) is 17.1. The Kier molecular flexibility index (Phi) is 4.70. The van der Waals surface area contributed by atoms with Crippen LogP contribution in [-0.4, -0.2) is 46.9 Å². The Morgan fingerprint density at radius 1 is 1.04 bits per heavy atom. The summed E-state index contributed by atoms with van der Waals surface area (Å²) in [5.41, 5.74) is 4.03. The lowest BCUT2D eigenvalue weighted by atomic mass is 10.1. The van der Waals surface area contributed by atoms with E-state index in [1.807, 2.05) is 48.2 Å². The van der Waals surface area contributed by atoms with Crippen molar-refractivity contribution in [1.29, 1.82) is 0 Å². The Bertz CT molecular complexity index is 924. The van der Waals surface area contributed by atoms with E-state index in [0.717, 1.165) is 59.9 Å². The minimum atomic E-state index is 0.131. The van der Waals surface area contributed by atoms with Crippen molar-refractivity contribution in [3.63, 3.8) is 0 Å². The second-order valence-electron chi connectivity index (χ2n) is 6.87. The molecular formula is C21H22ClN3O. The van der Waals surface area contributed by atoms with Crippen molar-refractivity contribution in [2.24, 2.45) is 0 Å². The number of piperazine rings is 1. The Labute approximate surface area is 158 Å². The molecule has 26 heavy (non-hydrogen) atoms. The van der Waals surface area contributed by atoms with Crippen molar-refractivity contribution in [3.05, 3.63) is 70.4 Å². The topological polar surface area (TPSA) is 39.3 Å². The third-order valence-corrected chi connectivity index (χ3v) is 5.34. The third kappa shape index (κ3) is 3.35. The molecule has 0 spiro atoms. The van der Waals surface area contributed by atoms with Crippen molar-refractivity contribution in [2.75, 3.05) is 26.2 Å². The summed E-state index contributed by atoms with van der Waals surface area (Å²) in [6.07, 6.45) is 0. The average Bonchev–Trinajstić information content (AvgIpc) is 2.99. The second kappa shape index (κ2) is 7.14. The first-order chi connectivity index (χ1) is 12.6. The molecule has 5 heteroatoms. The van der Waals surface area contributed by atoms with Crippen LogP contribution in [0.5, 0.6) is 0 Å². The summed E-state index contributed by atoms with van der Waals surface area (Å²) in [5.74, 6) is 0.131. The maximum Gasteiger partial charge on any atom is 0.256 e. The number of carbonyl (C=O) groups is 1. The van der Waals surface area contributed by atoms with Crippen LogP contribution in [0.2, 0.25) is 5.02 Å². The number of hydrogen-bond acceptors (Lipinski definition) is 2. The molecule has 0 aliphatic carbocycles. The third-order valence-electron chi connectivity index (χ3n) is 5.09. The van der Waals surface area contributed by atoms with Crippen LogP contribution >= 0.6 is 11.6 Å². The number of amides is 1. The average molecular weight is 368 g/mol. The van der Waals surface area contributed by atoms with Gasteiger partial charge in [0, 0.05) is 54.3 Å². The van der Waals surface area contributed by atoms with Gasteiger partial charge < -0.3 is 9.88 Å². The fraction of sp³-hybridized carbons (Fsp3) is 0.286. The molecular weight excluding hydrogens is 346 g/mol. The molecule has 2 aromatic carbocycles. The van der Waals surface area contributed by atoms with Gasteiger partial charge in [0.15, 0.2) is 0 Å².